The van der Waals surface area contributed by atoms with E-state index in [2.05, 4.69) is 19.2 Å². The molecule has 0 aliphatic heterocycles. The van der Waals surface area contributed by atoms with E-state index in [1.54, 1.807) is 6.07 Å². The highest BCUT2D eigenvalue weighted by atomic mass is 19.1. The minimum atomic E-state index is -0.106. The summed E-state index contributed by atoms with van der Waals surface area (Å²) in [6.45, 7) is 7.21. The van der Waals surface area contributed by atoms with Crippen LogP contribution >= 0.6 is 0 Å². The van der Waals surface area contributed by atoms with Crippen LogP contribution in [0.3, 0.4) is 0 Å². The second-order valence-corrected chi connectivity index (χ2v) is 4.67. The van der Waals surface area contributed by atoms with Crippen molar-refractivity contribution in [3.05, 3.63) is 35.1 Å². The Morgan fingerprint density at radius 2 is 2.00 bits per heavy atom. The van der Waals surface area contributed by atoms with Crippen molar-refractivity contribution in [2.45, 2.75) is 52.5 Å². The molecule has 1 atom stereocenters. The van der Waals surface area contributed by atoms with Crippen LogP contribution in [-0.2, 0) is 6.42 Å². The third-order valence-corrected chi connectivity index (χ3v) is 3.13. The lowest BCUT2D eigenvalue weighted by atomic mass is 10.0. The Hall–Kier alpha value is -0.890. The van der Waals surface area contributed by atoms with Gasteiger partial charge in [0.15, 0.2) is 0 Å². The standard InChI is InChI=1S/C15H24FN/c1-4-6-14(17-5-2)9-7-13-8-10-15(16)12(3)11-13/h8,10-11,14,17H,4-7,9H2,1-3H3. The lowest BCUT2D eigenvalue weighted by molar-refractivity contribution is 0.459. The summed E-state index contributed by atoms with van der Waals surface area (Å²) in [4.78, 5) is 0. The van der Waals surface area contributed by atoms with Crippen LogP contribution in [0, 0.1) is 12.7 Å². The lowest BCUT2D eigenvalue weighted by Gasteiger charge is -2.17. The summed E-state index contributed by atoms with van der Waals surface area (Å²) in [5, 5.41) is 3.51. The molecule has 0 aliphatic rings. The third-order valence-electron chi connectivity index (χ3n) is 3.13. The maximum atomic E-state index is 13.1. The van der Waals surface area contributed by atoms with Gasteiger partial charge in [0.1, 0.15) is 5.82 Å². The minimum absolute atomic E-state index is 0.106. The number of hydrogen-bond acceptors (Lipinski definition) is 1. The van der Waals surface area contributed by atoms with Gasteiger partial charge in [0.2, 0.25) is 0 Å². The Labute approximate surface area is 104 Å². The molecule has 1 aromatic rings. The molecule has 1 rings (SSSR count). The molecule has 2 heteroatoms. The number of benzene rings is 1. The van der Waals surface area contributed by atoms with Crippen molar-refractivity contribution in [3.63, 3.8) is 0 Å². The van der Waals surface area contributed by atoms with Crippen LogP contribution in [0.2, 0.25) is 0 Å². The number of hydrogen-bond donors (Lipinski definition) is 1. The van der Waals surface area contributed by atoms with Crippen molar-refractivity contribution in [2.24, 2.45) is 0 Å². The summed E-state index contributed by atoms with van der Waals surface area (Å²) in [5.41, 5.74) is 1.99. The van der Waals surface area contributed by atoms with Crippen LogP contribution in [0.15, 0.2) is 18.2 Å². The molecule has 0 saturated carbocycles. The zero-order valence-electron chi connectivity index (χ0n) is 11.2. The molecule has 0 saturated heterocycles. The largest absolute Gasteiger partial charge is 0.314 e. The predicted octanol–water partition coefficient (Wildman–Crippen LogP) is 3.84. The molecular formula is C15H24FN. The smallest absolute Gasteiger partial charge is 0.126 e. The molecule has 1 nitrogen and oxygen atoms in total. The highest BCUT2D eigenvalue weighted by Crippen LogP contribution is 2.13. The average molecular weight is 237 g/mol. The van der Waals surface area contributed by atoms with Crippen LogP contribution in [-0.4, -0.2) is 12.6 Å². The van der Waals surface area contributed by atoms with E-state index in [0.717, 1.165) is 24.9 Å². The summed E-state index contributed by atoms with van der Waals surface area (Å²) in [7, 11) is 0. The molecule has 1 N–H and O–H groups in total. The SMILES string of the molecule is CCCC(CCc1ccc(F)c(C)c1)NCC. The van der Waals surface area contributed by atoms with Gasteiger partial charge in [0.05, 0.1) is 0 Å². The number of rotatable bonds is 7. The van der Waals surface area contributed by atoms with Gasteiger partial charge in [-0.1, -0.05) is 32.4 Å². The maximum Gasteiger partial charge on any atom is 0.126 e. The second kappa shape index (κ2) is 7.44. The van der Waals surface area contributed by atoms with E-state index < -0.39 is 0 Å². The van der Waals surface area contributed by atoms with E-state index in [1.807, 2.05) is 19.1 Å². The van der Waals surface area contributed by atoms with Gasteiger partial charge in [-0.05, 0) is 49.9 Å². The highest BCUT2D eigenvalue weighted by Gasteiger charge is 2.07. The topological polar surface area (TPSA) is 12.0 Å². The molecule has 1 aromatic carbocycles. The molecule has 0 aromatic heterocycles. The Balaban J connectivity index is 2.49. The molecular weight excluding hydrogens is 213 g/mol. The van der Waals surface area contributed by atoms with E-state index in [4.69, 9.17) is 0 Å². The van der Waals surface area contributed by atoms with Gasteiger partial charge in [-0.25, -0.2) is 4.39 Å². The first-order valence-electron chi connectivity index (χ1n) is 6.65. The zero-order valence-corrected chi connectivity index (χ0v) is 11.2. The maximum absolute atomic E-state index is 13.1. The van der Waals surface area contributed by atoms with Crippen molar-refractivity contribution in [1.82, 2.24) is 5.32 Å². The van der Waals surface area contributed by atoms with Crippen molar-refractivity contribution < 1.29 is 4.39 Å². The minimum Gasteiger partial charge on any atom is -0.314 e. The van der Waals surface area contributed by atoms with Gasteiger partial charge in [-0.15, -0.1) is 0 Å². The van der Waals surface area contributed by atoms with Crippen molar-refractivity contribution in [2.75, 3.05) is 6.54 Å². The molecule has 96 valence electrons. The number of aryl methyl sites for hydroxylation is 2. The summed E-state index contributed by atoms with van der Waals surface area (Å²) in [5.74, 6) is -0.106. The van der Waals surface area contributed by atoms with Gasteiger partial charge in [0.25, 0.3) is 0 Å². The number of nitrogens with one attached hydrogen (secondary N) is 1. The summed E-state index contributed by atoms with van der Waals surface area (Å²) in [6, 6.07) is 6.03. The van der Waals surface area contributed by atoms with Crippen LogP contribution in [0.25, 0.3) is 0 Å². The monoisotopic (exact) mass is 237 g/mol. The van der Waals surface area contributed by atoms with Crippen LogP contribution < -0.4 is 5.32 Å². The van der Waals surface area contributed by atoms with E-state index in [1.165, 1.54) is 18.4 Å². The van der Waals surface area contributed by atoms with Crippen molar-refractivity contribution in [1.29, 1.82) is 0 Å². The molecule has 0 heterocycles. The van der Waals surface area contributed by atoms with E-state index >= 15 is 0 Å². The Morgan fingerprint density at radius 1 is 1.24 bits per heavy atom. The van der Waals surface area contributed by atoms with Gasteiger partial charge < -0.3 is 5.32 Å². The summed E-state index contributed by atoms with van der Waals surface area (Å²) >= 11 is 0. The molecule has 0 bridgehead atoms. The summed E-state index contributed by atoms with van der Waals surface area (Å²) < 4.78 is 13.1. The van der Waals surface area contributed by atoms with Crippen LogP contribution in [0.1, 0.15) is 44.2 Å². The normalized spacial score (nSPS) is 12.7. The predicted molar refractivity (Wildman–Crippen MR) is 71.8 cm³/mol. The first kappa shape index (κ1) is 14.2. The molecule has 17 heavy (non-hydrogen) atoms. The van der Waals surface area contributed by atoms with Crippen molar-refractivity contribution >= 4 is 0 Å². The lowest BCUT2D eigenvalue weighted by Crippen LogP contribution is -2.29. The van der Waals surface area contributed by atoms with Gasteiger partial charge in [-0.2, -0.15) is 0 Å². The van der Waals surface area contributed by atoms with Gasteiger partial charge >= 0.3 is 0 Å². The molecule has 0 spiro atoms. The van der Waals surface area contributed by atoms with Gasteiger partial charge in [-0.3, -0.25) is 0 Å². The van der Waals surface area contributed by atoms with E-state index in [0.29, 0.717) is 6.04 Å². The molecule has 0 aliphatic carbocycles. The van der Waals surface area contributed by atoms with E-state index in [9.17, 15) is 4.39 Å². The fourth-order valence-corrected chi connectivity index (χ4v) is 2.19. The molecule has 1 unspecified atom stereocenters. The average Bonchev–Trinajstić information content (AvgIpc) is 2.31. The van der Waals surface area contributed by atoms with Crippen LogP contribution in [0.4, 0.5) is 4.39 Å². The van der Waals surface area contributed by atoms with E-state index in [-0.39, 0.29) is 5.82 Å². The highest BCUT2D eigenvalue weighted by molar-refractivity contribution is 5.24. The quantitative estimate of drug-likeness (QED) is 0.759. The Morgan fingerprint density at radius 3 is 2.59 bits per heavy atom. The molecule has 0 amide bonds. The first-order chi connectivity index (χ1) is 8.17. The molecule has 0 fully saturated rings. The second-order valence-electron chi connectivity index (χ2n) is 4.67. The Kier molecular flexibility index (Phi) is 6.20. The molecule has 0 radical (unpaired) electrons. The van der Waals surface area contributed by atoms with Gasteiger partial charge in [0, 0.05) is 6.04 Å². The Bertz CT molecular complexity index is 330. The summed E-state index contributed by atoms with van der Waals surface area (Å²) in [6.07, 6.45) is 4.58. The van der Waals surface area contributed by atoms with Crippen LogP contribution in [0.5, 0.6) is 0 Å². The number of halogens is 1. The zero-order chi connectivity index (χ0) is 12.7. The third kappa shape index (κ3) is 4.86. The van der Waals surface area contributed by atoms with Crippen molar-refractivity contribution in [3.8, 4) is 0 Å². The fraction of sp³-hybridized carbons (Fsp3) is 0.600. The fourth-order valence-electron chi connectivity index (χ4n) is 2.19. The first-order valence-corrected chi connectivity index (χ1v) is 6.65.